The predicted octanol–water partition coefficient (Wildman–Crippen LogP) is 0.651. The van der Waals surface area contributed by atoms with Gasteiger partial charge in [-0.15, -0.1) is 0 Å². The zero-order valence-electron chi connectivity index (χ0n) is 3.81. The lowest BCUT2D eigenvalue weighted by Crippen LogP contribution is -1.90. The van der Waals surface area contributed by atoms with Crippen molar-refractivity contribution in [2.75, 3.05) is 0 Å². The summed E-state index contributed by atoms with van der Waals surface area (Å²) in [5, 5.41) is 0. The van der Waals surface area contributed by atoms with E-state index in [9.17, 15) is 4.79 Å². The van der Waals surface area contributed by atoms with Gasteiger partial charge in [0.25, 0.3) is 0 Å². The van der Waals surface area contributed by atoms with Crippen LogP contribution in [0.3, 0.4) is 0 Å². The quantitative estimate of drug-likeness (QED) is 0.327. The molecule has 0 N–H and O–H groups in total. The Hall–Kier alpha value is -0.790. The molecule has 0 amide bonds. The smallest absolute Gasteiger partial charge is 0.333 e. The standard InChI is InChI=1S/C5H5O2/c1-4-2-3-7-5(4)6/h3H,1-2H2. The lowest BCUT2D eigenvalue weighted by atomic mass is 10.3. The first-order valence-electron chi connectivity index (χ1n) is 2.01. The van der Waals surface area contributed by atoms with E-state index in [2.05, 4.69) is 11.3 Å². The number of hydrogen-bond acceptors (Lipinski definition) is 2. The van der Waals surface area contributed by atoms with Crippen LogP contribution < -0.4 is 0 Å². The molecule has 0 spiro atoms. The Kier molecular flexibility index (Phi) is 0.855. The van der Waals surface area contributed by atoms with Crippen LogP contribution >= 0.6 is 0 Å². The molecule has 0 aromatic heterocycles. The second-order valence-electron chi connectivity index (χ2n) is 1.38. The molecule has 0 aliphatic carbocycles. The normalized spacial score (nSPS) is 20.0. The molecule has 0 aromatic rings. The summed E-state index contributed by atoms with van der Waals surface area (Å²) in [6.45, 7) is 4.88. The fourth-order valence-electron chi connectivity index (χ4n) is 0.385. The summed E-state index contributed by atoms with van der Waals surface area (Å²) in [7, 11) is 0. The summed E-state index contributed by atoms with van der Waals surface area (Å²) in [6, 6.07) is 0. The highest BCUT2D eigenvalue weighted by Crippen LogP contribution is 2.12. The van der Waals surface area contributed by atoms with Gasteiger partial charge in [-0.1, -0.05) is 6.58 Å². The molecule has 1 saturated heterocycles. The van der Waals surface area contributed by atoms with Gasteiger partial charge in [-0.2, -0.15) is 0 Å². The molecular formula is C5H5O2. The van der Waals surface area contributed by atoms with Crippen molar-refractivity contribution in [2.24, 2.45) is 0 Å². The van der Waals surface area contributed by atoms with Gasteiger partial charge in [0.1, 0.15) is 6.61 Å². The van der Waals surface area contributed by atoms with Crippen molar-refractivity contribution in [1.82, 2.24) is 0 Å². The van der Waals surface area contributed by atoms with E-state index in [-0.39, 0.29) is 5.97 Å². The first-order chi connectivity index (χ1) is 3.30. The van der Waals surface area contributed by atoms with E-state index in [4.69, 9.17) is 0 Å². The highest BCUT2D eigenvalue weighted by molar-refractivity contribution is 5.90. The molecule has 0 unspecified atom stereocenters. The Morgan fingerprint density at radius 3 is 2.71 bits per heavy atom. The average Bonchev–Trinajstić information content (AvgIpc) is 1.91. The lowest BCUT2D eigenvalue weighted by Gasteiger charge is -1.81. The molecule has 1 aliphatic rings. The fraction of sp³-hybridized carbons (Fsp3) is 0.200. The summed E-state index contributed by atoms with van der Waals surface area (Å²) in [4.78, 5) is 10.2. The van der Waals surface area contributed by atoms with Crippen molar-refractivity contribution < 1.29 is 9.53 Å². The van der Waals surface area contributed by atoms with E-state index in [1.165, 1.54) is 6.61 Å². The van der Waals surface area contributed by atoms with Gasteiger partial charge in [-0.3, -0.25) is 0 Å². The van der Waals surface area contributed by atoms with Gasteiger partial charge in [-0.05, 0) is 0 Å². The van der Waals surface area contributed by atoms with Crippen LogP contribution in [0.2, 0.25) is 0 Å². The van der Waals surface area contributed by atoms with Crippen molar-refractivity contribution in [3.8, 4) is 0 Å². The molecule has 0 atom stereocenters. The van der Waals surface area contributed by atoms with Crippen molar-refractivity contribution in [3.05, 3.63) is 18.8 Å². The first-order valence-corrected chi connectivity index (χ1v) is 2.01. The van der Waals surface area contributed by atoms with Crippen molar-refractivity contribution in [3.63, 3.8) is 0 Å². The molecular weight excluding hydrogens is 92.1 g/mol. The molecule has 0 saturated carbocycles. The minimum atomic E-state index is -0.292. The minimum absolute atomic E-state index is 0.292. The molecule has 1 radical (unpaired) electrons. The number of esters is 1. The Balaban J connectivity index is 2.65. The maximum Gasteiger partial charge on any atom is 0.333 e. The second-order valence-corrected chi connectivity index (χ2v) is 1.38. The third-order valence-electron chi connectivity index (χ3n) is 0.809. The second kappa shape index (κ2) is 1.37. The number of cyclic esters (lactones) is 1. The molecule has 0 aromatic carbocycles. The highest BCUT2D eigenvalue weighted by atomic mass is 16.5. The summed E-state index contributed by atoms with van der Waals surface area (Å²) in [5.74, 6) is -0.292. The summed E-state index contributed by atoms with van der Waals surface area (Å²) in [5.41, 5.74) is 0.542. The van der Waals surface area contributed by atoms with E-state index in [1.54, 1.807) is 0 Å². The van der Waals surface area contributed by atoms with E-state index in [0.717, 1.165) is 0 Å². The SMILES string of the molecule is C=C1C[CH]OC1=O. The van der Waals surface area contributed by atoms with Crippen LogP contribution in [0.4, 0.5) is 0 Å². The molecule has 2 nitrogen and oxygen atoms in total. The Morgan fingerprint density at radius 1 is 1.86 bits per heavy atom. The van der Waals surface area contributed by atoms with Crippen molar-refractivity contribution in [2.45, 2.75) is 6.42 Å². The van der Waals surface area contributed by atoms with Crippen molar-refractivity contribution in [1.29, 1.82) is 0 Å². The fourth-order valence-corrected chi connectivity index (χ4v) is 0.385. The van der Waals surface area contributed by atoms with Crippen LogP contribution in [0.5, 0.6) is 0 Å². The molecule has 37 valence electrons. The maximum absolute atomic E-state index is 10.2. The Morgan fingerprint density at radius 2 is 2.57 bits per heavy atom. The summed E-state index contributed by atoms with van der Waals surface area (Å²) >= 11 is 0. The number of carbonyl (C=O) groups excluding carboxylic acids is 1. The third kappa shape index (κ3) is 0.633. The van der Waals surface area contributed by atoms with Crippen LogP contribution in [-0.4, -0.2) is 5.97 Å². The Bertz CT molecular complexity index is 101. The van der Waals surface area contributed by atoms with Crippen LogP contribution in [0.1, 0.15) is 6.42 Å². The van der Waals surface area contributed by atoms with E-state index < -0.39 is 0 Å². The van der Waals surface area contributed by atoms with Gasteiger partial charge >= 0.3 is 5.97 Å². The van der Waals surface area contributed by atoms with Crippen LogP contribution in [0.15, 0.2) is 12.2 Å². The van der Waals surface area contributed by atoms with E-state index in [1.807, 2.05) is 0 Å². The van der Waals surface area contributed by atoms with Crippen LogP contribution in [0, 0.1) is 6.61 Å². The first kappa shape index (κ1) is 4.37. The lowest BCUT2D eigenvalue weighted by molar-refractivity contribution is -0.132. The van der Waals surface area contributed by atoms with Gasteiger partial charge in [0.2, 0.25) is 0 Å². The maximum atomic E-state index is 10.2. The largest absolute Gasteiger partial charge is 0.455 e. The number of ether oxygens (including phenoxy) is 1. The van der Waals surface area contributed by atoms with Crippen LogP contribution in [0.25, 0.3) is 0 Å². The summed E-state index contributed by atoms with van der Waals surface area (Å²) in [6.07, 6.45) is 0.582. The van der Waals surface area contributed by atoms with Gasteiger partial charge in [0, 0.05) is 12.0 Å². The van der Waals surface area contributed by atoms with Gasteiger partial charge < -0.3 is 4.74 Å². The van der Waals surface area contributed by atoms with Crippen LogP contribution in [-0.2, 0) is 9.53 Å². The topological polar surface area (TPSA) is 26.3 Å². The summed E-state index contributed by atoms with van der Waals surface area (Å²) < 4.78 is 4.40. The zero-order valence-corrected chi connectivity index (χ0v) is 3.81. The molecule has 7 heavy (non-hydrogen) atoms. The Labute approximate surface area is 41.8 Å². The number of hydrogen-bond donors (Lipinski definition) is 0. The minimum Gasteiger partial charge on any atom is -0.455 e. The molecule has 2 heteroatoms. The van der Waals surface area contributed by atoms with E-state index >= 15 is 0 Å². The highest BCUT2D eigenvalue weighted by Gasteiger charge is 2.15. The molecule has 1 fully saturated rings. The van der Waals surface area contributed by atoms with Gasteiger partial charge in [0.05, 0.1) is 0 Å². The molecule has 1 heterocycles. The molecule has 1 rings (SSSR count). The zero-order chi connectivity index (χ0) is 5.28. The average molecular weight is 97.1 g/mol. The van der Waals surface area contributed by atoms with Gasteiger partial charge in [-0.25, -0.2) is 4.79 Å². The molecule has 1 aliphatic heterocycles. The number of rotatable bonds is 0. The third-order valence-corrected chi connectivity index (χ3v) is 0.809. The van der Waals surface area contributed by atoms with E-state index in [0.29, 0.717) is 12.0 Å². The predicted molar refractivity (Wildman–Crippen MR) is 24.1 cm³/mol. The monoisotopic (exact) mass is 97.0 g/mol. The van der Waals surface area contributed by atoms with Gasteiger partial charge in [0.15, 0.2) is 0 Å². The van der Waals surface area contributed by atoms with Crippen molar-refractivity contribution >= 4 is 5.97 Å². The molecule has 0 bridgehead atoms. The number of carbonyl (C=O) groups is 1.